The van der Waals surface area contributed by atoms with Gasteiger partial charge in [0.05, 0.1) is 7.11 Å². The number of carbonyl (C=O) groups is 1. The molecule has 0 radical (unpaired) electrons. The average molecular weight is 443 g/mol. The van der Waals surface area contributed by atoms with E-state index in [9.17, 15) is 13.2 Å². The van der Waals surface area contributed by atoms with Crippen molar-refractivity contribution in [2.24, 2.45) is 0 Å². The lowest BCUT2D eigenvalue weighted by atomic mass is 10.3. The number of carbonyl (C=O) groups excluding carboxylic acids is 1. The molecule has 0 saturated carbocycles. The van der Waals surface area contributed by atoms with Gasteiger partial charge in [0, 0.05) is 24.3 Å². The molecule has 0 aliphatic carbocycles. The van der Waals surface area contributed by atoms with Crippen molar-refractivity contribution in [1.82, 2.24) is 4.31 Å². The summed E-state index contributed by atoms with van der Waals surface area (Å²) in [5.74, 6) is 0.336. The Bertz CT molecular complexity index is 883. The Kier molecular flexibility index (Phi) is 6.63. The van der Waals surface area contributed by atoms with E-state index in [2.05, 4.69) is 21.2 Å². The summed E-state index contributed by atoms with van der Waals surface area (Å²) in [4.78, 5) is 12.0. The molecular weight excluding hydrogens is 424 g/mol. The second-order valence-corrected chi connectivity index (χ2v) is 8.48. The maximum absolute atomic E-state index is 12.4. The summed E-state index contributed by atoms with van der Waals surface area (Å²) in [7, 11) is 0.513. The van der Waals surface area contributed by atoms with Gasteiger partial charge in [-0.3, -0.25) is 4.79 Å². The van der Waals surface area contributed by atoms with E-state index in [1.54, 1.807) is 30.3 Å². The van der Waals surface area contributed by atoms with Crippen LogP contribution in [0.25, 0.3) is 0 Å². The van der Waals surface area contributed by atoms with Crippen LogP contribution in [0.5, 0.6) is 11.5 Å². The van der Waals surface area contributed by atoms with E-state index in [-0.39, 0.29) is 17.3 Å². The van der Waals surface area contributed by atoms with E-state index in [0.717, 1.165) is 8.78 Å². The Hall–Kier alpha value is -2.10. The number of amides is 1. The second-order valence-electron chi connectivity index (χ2n) is 5.44. The molecule has 2 aromatic carbocycles. The Morgan fingerprint density at radius 3 is 2.38 bits per heavy atom. The van der Waals surface area contributed by atoms with Gasteiger partial charge in [0.1, 0.15) is 16.4 Å². The molecule has 7 nitrogen and oxygen atoms in total. The van der Waals surface area contributed by atoms with Gasteiger partial charge in [0.25, 0.3) is 5.91 Å². The van der Waals surface area contributed by atoms with Crippen molar-refractivity contribution in [2.75, 3.05) is 33.1 Å². The zero-order chi connectivity index (χ0) is 19.3. The number of hydrogen-bond donors (Lipinski definition) is 1. The van der Waals surface area contributed by atoms with E-state index < -0.39 is 15.9 Å². The average Bonchev–Trinajstić information content (AvgIpc) is 2.61. The van der Waals surface area contributed by atoms with Crippen LogP contribution in [0.4, 0.5) is 5.69 Å². The maximum atomic E-state index is 12.4. The fourth-order valence-electron chi connectivity index (χ4n) is 2.03. The van der Waals surface area contributed by atoms with Gasteiger partial charge in [-0.2, -0.15) is 0 Å². The molecule has 2 rings (SSSR count). The molecule has 0 unspecified atom stereocenters. The highest BCUT2D eigenvalue weighted by atomic mass is 79.9. The van der Waals surface area contributed by atoms with E-state index in [1.807, 2.05) is 0 Å². The molecule has 0 aliphatic heterocycles. The third-order valence-electron chi connectivity index (χ3n) is 3.39. The zero-order valence-corrected chi connectivity index (χ0v) is 16.9. The lowest BCUT2D eigenvalue weighted by molar-refractivity contribution is -0.118. The normalized spacial score (nSPS) is 11.3. The molecule has 26 heavy (non-hydrogen) atoms. The maximum Gasteiger partial charge on any atom is 0.262 e. The third kappa shape index (κ3) is 4.96. The summed E-state index contributed by atoms with van der Waals surface area (Å²) in [6.45, 7) is -0.205. The summed E-state index contributed by atoms with van der Waals surface area (Å²) < 4.78 is 37.3. The molecule has 0 saturated heterocycles. The zero-order valence-electron chi connectivity index (χ0n) is 14.5. The van der Waals surface area contributed by atoms with E-state index in [4.69, 9.17) is 9.47 Å². The third-order valence-corrected chi connectivity index (χ3v) is 5.75. The fourth-order valence-corrected chi connectivity index (χ4v) is 3.37. The number of halogens is 1. The van der Waals surface area contributed by atoms with Gasteiger partial charge in [-0.1, -0.05) is 15.9 Å². The topological polar surface area (TPSA) is 84.9 Å². The quantitative estimate of drug-likeness (QED) is 0.712. The van der Waals surface area contributed by atoms with Crippen molar-refractivity contribution in [3.05, 3.63) is 46.9 Å². The first-order valence-corrected chi connectivity index (χ1v) is 9.76. The minimum atomic E-state index is -3.72. The Morgan fingerprint density at radius 2 is 1.81 bits per heavy atom. The summed E-state index contributed by atoms with van der Waals surface area (Å²) >= 11 is 3.32. The van der Waals surface area contributed by atoms with E-state index >= 15 is 0 Å². The van der Waals surface area contributed by atoms with Crippen LogP contribution >= 0.6 is 15.9 Å². The molecule has 0 aliphatic rings. The smallest absolute Gasteiger partial charge is 0.262 e. The minimum absolute atomic E-state index is 0.0309. The molecule has 0 fully saturated rings. The molecule has 0 heterocycles. The fraction of sp³-hybridized carbons (Fsp3) is 0.235. The summed E-state index contributed by atoms with van der Waals surface area (Å²) in [5, 5.41) is 2.61. The predicted molar refractivity (Wildman–Crippen MR) is 102 cm³/mol. The van der Waals surface area contributed by atoms with Crippen LogP contribution in [-0.4, -0.2) is 46.4 Å². The van der Waals surface area contributed by atoms with Crippen LogP contribution in [0.2, 0.25) is 0 Å². The minimum Gasteiger partial charge on any atom is -0.495 e. The standard InChI is InChI=1S/C17H19BrN2O5S/c1-20(2)26(22,23)16-10-13(6-9-15(16)24-3)19-17(21)11-25-14-7-4-12(18)5-8-14/h4-10H,11H2,1-3H3,(H,19,21). The van der Waals surface area contributed by atoms with Gasteiger partial charge in [-0.25, -0.2) is 12.7 Å². The van der Waals surface area contributed by atoms with Gasteiger partial charge in [-0.05, 0) is 42.5 Å². The van der Waals surface area contributed by atoms with E-state index in [1.165, 1.54) is 33.3 Å². The number of anilines is 1. The molecule has 1 amide bonds. The Labute approximate surface area is 161 Å². The first-order valence-electron chi connectivity index (χ1n) is 7.53. The molecule has 0 atom stereocenters. The number of sulfonamides is 1. The SMILES string of the molecule is COc1ccc(NC(=O)COc2ccc(Br)cc2)cc1S(=O)(=O)N(C)C. The lowest BCUT2D eigenvalue weighted by Crippen LogP contribution is -2.24. The van der Waals surface area contributed by atoms with Gasteiger partial charge in [-0.15, -0.1) is 0 Å². The number of methoxy groups -OCH3 is 1. The first kappa shape index (κ1) is 20.2. The number of nitrogens with zero attached hydrogens (tertiary/aromatic N) is 1. The second kappa shape index (κ2) is 8.52. The van der Waals surface area contributed by atoms with Crippen LogP contribution < -0.4 is 14.8 Å². The molecule has 0 aromatic heterocycles. The van der Waals surface area contributed by atoms with Crippen LogP contribution in [0.1, 0.15) is 0 Å². The van der Waals surface area contributed by atoms with Crippen molar-refractivity contribution in [1.29, 1.82) is 0 Å². The van der Waals surface area contributed by atoms with Gasteiger partial charge in [0.15, 0.2) is 6.61 Å². The molecule has 1 N–H and O–H groups in total. The summed E-state index contributed by atoms with van der Waals surface area (Å²) in [6, 6.07) is 11.5. The largest absolute Gasteiger partial charge is 0.495 e. The first-order chi connectivity index (χ1) is 12.2. The van der Waals surface area contributed by atoms with Crippen molar-refractivity contribution >= 4 is 37.5 Å². The van der Waals surface area contributed by atoms with Crippen LogP contribution in [0.15, 0.2) is 51.8 Å². The van der Waals surface area contributed by atoms with Gasteiger partial charge < -0.3 is 14.8 Å². The van der Waals surface area contributed by atoms with Crippen molar-refractivity contribution in [2.45, 2.75) is 4.90 Å². The summed E-state index contributed by atoms with van der Waals surface area (Å²) in [5.41, 5.74) is 0.329. The highest BCUT2D eigenvalue weighted by Gasteiger charge is 2.23. The lowest BCUT2D eigenvalue weighted by Gasteiger charge is -2.16. The van der Waals surface area contributed by atoms with Crippen LogP contribution in [0, 0.1) is 0 Å². The van der Waals surface area contributed by atoms with Crippen molar-refractivity contribution in [3.8, 4) is 11.5 Å². The van der Waals surface area contributed by atoms with Crippen molar-refractivity contribution in [3.63, 3.8) is 0 Å². The number of hydrogen-bond acceptors (Lipinski definition) is 5. The van der Waals surface area contributed by atoms with Crippen LogP contribution in [-0.2, 0) is 14.8 Å². The molecule has 140 valence electrons. The van der Waals surface area contributed by atoms with Crippen molar-refractivity contribution < 1.29 is 22.7 Å². The number of benzene rings is 2. The Balaban J connectivity index is 2.11. The molecule has 0 bridgehead atoms. The number of rotatable bonds is 7. The van der Waals surface area contributed by atoms with Gasteiger partial charge in [0.2, 0.25) is 10.0 Å². The highest BCUT2D eigenvalue weighted by Crippen LogP contribution is 2.28. The van der Waals surface area contributed by atoms with Crippen LogP contribution in [0.3, 0.4) is 0 Å². The highest BCUT2D eigenvalue weighted by molar-refractivity contribution is 9.10. The monoisotopic (exact) mass is 442 g/mol. The Morgan fingerprint density at radius 1 is 1.15 bits per heavy atom. The van der Waals surface area contributed by atoms with Gasteiger partial charge >= 0.3 is 0 Å². The summed E-state index contributed by atoms with van der Waals surface area (Å²) in [6.07, 6.45) is 0. The number of nitrogens with one attached hydrogen (secondary N) is 1. The molecule has 2 aromatic rings. The number of ether oxygens (including phenoxy) is 2. The predicted octanol–water partition coefficient (Wildman–Crippen LogP) is 2.73. The molecule has 9 heteroatoms. The molecular formula is C17H19BrN2O5S. The molecule has 0 spiro atoms. The van der Waals surface area contributed by atoms with E-state index in [0.29, 0.717) is 11.4 Å².